The molecule has 0 radical (unpaired) electrons. The van der Waals surface area contributed by atoms with E-state index in [1.54, 1.807) is 0 Å². The Balaban J connectivity index is 4.00. The van der Waals surface area contributed by atoms with Gasteiger partial charge in [0.05, 0.1) is 0 Å². The zero-order valence-corrected chi connectivity index (χ0v) is 50.3. The van der Waals surface area contributed by atoms with Crippen molar-refractivity contribution in [1.82, 2.24) is 0 Å². The van der Waals surface area contributed by atoms with E-state index in [1.165, 1.54) is 231 Å². The number of carbonyl (C=O) groups excluding carboxylic acids is 3. The summed E-state index contributed by atoms with van der Waals surface area (Å²) < 4.78 is 16.8. The van der Waals surface area contributed by atoms with Gasteiger partial charge in [-0.25, -0.2) is 0 Å². The first-order chi connectivity index (χ1) is 37.0. The van der Waals surface area contributed by atoms with Gasteiger partial charge < -0.3 is 14.2 Å². The highest BCUT2D eigenvalue weighted by atomic mass is 16.6. The number of carbonyl (C=O) groups is 3. The molecule has 6 nitrogen and oxygen atoms in total. The molecule has 0 aliphatic rings. The highest BCUT2D eigenvalue weighted by Gasteiger charge is 2.19. The van der Waals surface area contributed by atoms with Crippen LogP contribution < -0.4 is 0 Å². The van der Waals surface area contributed by atoms with Crippen LogP contribution in [0.5, 0.6) is 0 Å². The molecule has 1 atom stereocenters. The second-order valence-electron chi connectivity index (χ2n) is 22.4. The van der Waals surface area contributed by atoms with Crippen molar-refractivity contribution in [3.8, 4) is 0 Å². The standard InChI is InChI=1S/C69H126O6/c1-4-7-10-13-16-18-20-22-24-26-28-30-32-33-34-35-36-37-38-40-41-43-45-47-49-51-53-56-59-62-68(71)74-65-66(64-73-67(70)61-58-55-15-12-9-6-3)75-69(72)63-60-57-54-52-50-48-46-44-42-39-31-29-27-25-23-21-19-17-14-11-8-5-2/h7,10,16,18,22,24,28,30,66H,4-6,8-9,11-15,17,19-21,23,25-27,29,31-65H2,1-3H3/b10-7-,18-16-,24-22-,30-28-. The average molecular weight is 1050 g/mol. The maximum absolute atomic E-state index is 12.9. The van der Waals surface area contributed by atoms with E-state index >= 15 is 0 Å². The monoisotopic (exact) mass is 1050 g/mol. The molecule has 0 heterocycles. The van der Waals surface area contributed by atoms with Crippen molar-refractivity contribution >= 4 is 17.9 Å². The molecule has 0 aromatic carbocycles. The summed E-state index contributed by atoms with van der Waals surface area (Å²) >= 11 is 0. The molecule has 0 aromatic rings. The van der Waals surface area contributed by atoms with Crippen molar-refractivity contribution in [1.29, 1.82) is 0 Å². The van der Waals surface area contributed by atoms with Gasteiger partial charge in [0.1, 0.15) is 13.2 Å². The molecule has 0 aromatic heterocycles. The second kappa shape index (κ2) is 63.9. The van der Waals surface area contributed by atoms with Gasteiger partial charge in [-0.3, -0.25) is 14.4 Å². The Kier molecular flexibility index (Phi) is 61.7. The van der Waals surface area contributed by atoms with Crippen LogP contribution in [0.4, 0.5) is 0 Å². The number of hydrogen-bond donors (Lipinski definition) is 0. The van der Waals surface area contributed by atoms with Gasteiger partial charge in [0.15, 0.2) is 6.10 Å². The van der Waals surface area contributed by atoms with Crippen LogP contribution in [-0.2, 0) is 28.6 Å². The minimum absolute atomic E-state index is 0.0675. The molecule has 0 N–H and O–H groups in total. The summed E-state index contributed by atoms with van der Waals surface area (Å²) in [5.74, 6) is -0.854. The highest BCUT2D eigenvalue weighted by Crippen LogP contribution is 2.18. The summed E-state index contributed by atoms with van der Waals surface area (Å²) in [5.41, 5.74) is 0. The number of unbranched alkanes of at least 4 members (excludes halogenated alkanes) is 42. The topological polar surface area (TPSA) is 78.9 Å². The van der Waals surface area contributed by atoms with E-state index < -0.39 is 6.10 Å². The summed E-state index contributed by atoms with van der Waals surface area (Å²) in [5, 5.41) is 0. The van der Waals surface area contributed by atoms with Crippen molar-refractivity contribution < 1.29 is 28.6 Å². The Hall–Kier alpha value is -2.63. The van der Waals surface area contributed by atoms with Crippen LogP contribution in [0.3, 0.4) is 0 Å². The largest absolute Gasteiger partial charge is 0.462 e. The Morgan fingerprint density at radius 1 is 0.280 bits per heavy atom. The van der Waals surface area contributed by atoms with Gasteiger partial charge in [-0.1, -0.05) is 326 Å². The van der Waals surface area contributed by atoms with Crippen molar-refractivity contribution in [3.05, 3.63) is 48.6 Å². The lowest BCUT2D eigenvalue weighted by Crippen LogP contribution is -2.30. The third-order valence-corrected chi connectivity index (χ3v) is 14.8. The van der Waals surface area contributed by atoms with Crippen LogP contribution >= 0.6 is 0 Å². The highest BCUT2D eigenvalue weighted by molar-refractivity contribution is 5.71. The molecule has 0 aliphatic carbocycles. The lowest BCUT2D eigenvalue weighted by molar-refractivity contribution is -0.167. The maximum atomic E-state index is 12.9. The molecule has 0 saturated heterocycles. The molecule has 0 aliphatic heterocycles. The van der Waals surface area contributed by atoms with E-state index in [9.17, 15) is 14.4 Å². The first kappa shape index (κ1) is 72.4. The van der Waals surface area contributed by atoms with Crippen LogP contribution in [0.1, 0.15) is 355 Å². The smallest absolute Gasteiger partial charge is 0.306 e. The van der Waals surface area contributed by atoms with E-state index in [1.807, 2.05) is 0 Å². The van der Waals surface area contributed by atoms with Gasteiger partial charge in [-0.15, -0.1) is 0 Å². The first-order valence-electron chi connectivity index (χ1n) is 33.1. The summed E-state index contributed by atoms with van der Waals surface area (Å²) in [6.45, 7) is 6.53. The van der Waals surface area contributed by atoms with E-state index in [2.05, 4.69) is 69.4 Å². The Bertz CT molecular complexity index is 1300. The Morgan fingerprint density at radius 2 is 0.520 bits per heavy atom. The average Bonchev–Trinajstić information content (AvgIpc) is 3.41. The molecule has 0 bridgehead atoms. The van der Waals surface area contributed by atoms with E-state index in [4.69, 9.17) is 14.2 Å². The van der Waals surface area contributed by atoms with Crippen LogP contribution in [0.25, 0.3) is 0 Å². The molecule has 0 fully saturated rings. The predicted molar refractivity (Wildman–Crippen MR) is 325 cm³/mol. The van der Waals surface area contributed by atoms with Crippen LogP contribution in [-0.4, -0.2) is 37.2 Å². The number of ether oxygens (including phenoxy) is 3. The zero-order valence-electron chi connectivity index (χ0n) is 50.3. The van der Waals surface area contributed by atoms with Crippen LogP contribution in [0, 0.1) is 0 Å². The number of esters is 3. The molecule has 1 unspecified atom stereocenters. The van der Waals surface area contributed by atoms with Crippen LogP contribution in [0.15, 0.2) is 48.6 Å². The molecule has 0 rings (SSSR count). The molecule has 438 valence electrons. The molecule has 75 heavy (non-hydrogen) atoms. The summed E-state index contributed by atoms with van der Waals surface area (Å²) in [7, 11) is 0. The zero-order chi connectivity index (χ0) is 54.3. The molecule has 0 spiro atoms. The van der Waals surface area contributed by atoms with Crippen molar-refractivity contribution in [2.75, 3.05) is 13.2 Å². The quantitative estimate of drug-likeness (QED) is 0.0261. The lowest BCUT2D eigenvalue weighted by atomic mass is 10.0. The van der Waals surface area contributed by atoms with Crippen molar-refractivity contribution in [3.63, 3.8) is 0 Å². The van der Waals surface area contributed by atoms with Crippen molar-refractivity contribution in [2.45, 2.75) is 361 Å². The minimum Gasteiger partial charge on any atom is -0.462 e. The van der Waals surface area contributed by atoms with Crippen molar-refractivity contribution in [2.24, 2.45) is 0 Å². The number of rotatable bonds is 61. The molecule has 0 saturated carbocycles. The third-order valence-electron chi connectivity index (χ3n) is 14.8. The minimum atomic E-state index is -0.766. The fourth-order valence-corrected chi connectivity index (χ4v) is 9.91. The Labute approximate surface area is 467 Å². The molecular formula is C69H126O6. The summed E-state index contributed by atoms with van der Waals surface area (Å²) in [6.07, 6.45) is 80.3. The molecular weight excluding hydrogens is 925 g/mol. The summed E-state index contributed by atoms with van der Waals surface area (Å²) in [4.78, 5) is 38.0. The second-order valence-corrected chi connectivity index (χ2v) is 22.4. The van der Waals surface area contributed by atoms with Gasteiger partial charge in [0, 0.05) is 19.3 Å². The normalized spacial score (nSPS) is 12.3. The fraction of sp³-hybridized carbons (Fsp3) is 0.841. The van der Waals surface area contributed by atoms with Crippen LogP contribution in [0.2, 0.25) is 0 Å². The van der Waals surface area contributed by atoms with Gasteiger partial charge in [-0.2, -0.15) is 0 Å². The SMILES string of the molecule is CC/C=C\C/C=C\C/C=C\C/C=C\CCCCCCCCCCCCCCCCCCC(=O)OCC(COC(=O)CCCCCCCC)OC(=O)CCCCCCCCCCCCCCCCCCCCCCCC. The fourth-order valence-electron chi connectivity index (χ4n) is 9.91. The lowest BCUT2D eigenvalue weighted by Gasteiger charge is -2.18. The third kappa shape index (κ3) is 62.1. The Morgan fingerprint density at radius 3 is 0.813 bits per heavy atom. The van der Waals surface area contributed by atoms with Gasteiger partial charge in [0.2, 0.25) is 0 Å². The van der Waals surface area contributed by atoms with Gasteiger partial charge in [0.25, 0.3) is 0 Å². The first-order valence-corrected chi connectivity index (χ1v) is 33.1. The van der Waals surface area contributed by atoms with E-state index in [0.29, 0.717) is 19.3 Å². The molecule has 0 amide bonds. The maximum Gasteiger partial charge on any atom is 0.306 e. The number of allylic oxidation sites excluding steroid dienone is 8. The number of hydrogen-bond acceptors (Lipinski definition) is 6. The molecule has 6 heteroatoms. The van der Waals surface area contributed by atoms with E-state index in [0.717, 1.165) is 83.5 Å². The van der Waals surface area contributed by atoms with Gasteiger partial charge >= 0.3 is 17.9 Å². The predicted octanol–water partition coefficient (Wildman–Crippen LogP) is 22.6. The van der Waals surface area contributed by atoms with Gasteiger partial charge in [-0.05, 0) is 57.8 Å². The van der Waals surface area contributed by atoms with E-state index in [-0.39, 0.29) is 31.1 Å². The summed E-state index contributed by atoms with van der Waals surface area (Å²) in [6, 6.07) is 0.